The molecule has 1 saturated heterocycles. The van der Waals surface area contributed by atoms with Crippen molar-refractivity contribution in [1.82, 2.24) is 15.5 Å². The van der Waals surface area contributed by atoms with Gasteiger partial charge in [-0.05, 0) is 39.7 Å². The zero-order valence-electron chi connectivity index (χ0n) is 10.2. The van der Waals surface area contributed by atoms with Crippen molar-refractivity contribution < 1.29 is 4.74 Å². The second-order valence-corrected chi connectivity index (χ2v) is 4.51. The van der Waals surface area contributed by atoms with Crippen LogP contribution in [0.2, 0.25) is 0 Å². The number of aromatic amines is 1. The van der Waals surface area contributed by atoms with Crippen molar-refractivity contribution >= 4 is 0 Å². The largest absolute Gasteiger partial charge is 0.378 e. The summed E-state index contributed by atoms with van der Waals surface area (Å²) in [6.45, 7) is 6.98. The van der Waals surface area contributed by atoms with Crippen molar-refractivity contribution in [2.45, 2.75) is 45.8 Å². The van der Waals surface area contributed by atoms with Crippen molar-refractivity contribution in [3.05, 3.63) is 17.0 Å². The Labute approximate surface area is 96.8 Å². The molecule has 1 fully saturated rings. The molecule has 16 heavy (non-hydrogen) atoms. The van der Waals surface area contributed by atoms with Crippen molar-refractivity contribution in [1.29, 1.82) is 0 Å². The Morgan fingerprint density at radius 1 is 1.50 bits per heavy atom. The van der Waals surface area contributed by atoms with E-state index >= 15 is 0 Å². The van der Waals surface area contributed by atoms with Crippen LogP contribution in [-0.2, 0) is 11.3 Å². The van der Waals surface area contributed by atoms with Gasteiger partial charge in [0, 0.05) is 24.4 Å². The summed E-state index contributed by atoms with van der Waals surface area (Å²) in [4.78, 5) is 0. The van der Waals surface area contributed by atoms with Crippen molar-refractivity contribution in [3.8, 4) is 0 Å². The highest BCUT2D eigenvalue weighted by Gasteiger charge is 2.14. The smallest absolute Gasteiger partial charge is 0.0638 e. The average molecular weight is 223 g/mol. The van der Waals surface area contributed by atoms with Gasteiger partial charge in [0.1, 0.15) is 0 Å². The van der Waals surface area contributed by atoms with Crippen LogP contribution in [0.15, 0.2) is 0 Å². The summed E-state index contributed by atoms with van der Waals surface area (Å²) in [5, 5.41) is 10.6. The first kappa shape index (κ1) is 11.6. The van der Waals surface area contributed by atoms with E-state index in [2.05, 4.69) is 22.4 Å². The molecule has 4 nitrogen and oxygen atoms in total. The lowest BCUT2D eigenvalue weighted by molar-refractivity contribution is 0.104. The van der Waals surface area contributed by atoms with Gasteiger partial charge in [0.15, 0.2) is 0 Å². The normalized spacial score (nSPS) is 20.5. The molecule has 2 heterocycles. The SMILES string of the molecule is Cc1n[nH]c(C)c1CNCC[C@H]1CCCO1. The lowest BCUT2D eigenvalue weighted by Crippen LogP contribution is -2.20. The summed E-state index contributed by atoms with van der Waals surface area (Å²) in [5.74, 6) is 0. The third-order valence-electron chi connectivity index (χ3n) is 3.25. The Hall–Kier alpha value is -0.870. The highest BCUT2D eigenvalue weighted by Crippen LogP contribution is 2.14. The summed E-state index contributed by atoms with van der Waals surface area (Å²) in [7, 11) is 0. The van der Waals surface area contributed by atoms with Crippen LogP contribution in [-0.4, -0.2) is 29.5 Å². The van der Waals surface area contributed by atoms with Gasteiger partial charge >= 0.3 is 0 Å². The molecule has 90 valence electrons. The first-order chi connectivity index (χ1) is 7.77. The Balaban J connectivity index is 1.67. The summed E-state index contributed by atoms with van der Waals surface area (Å²) < 4.78 is 5.58. The lowest BCUT2D eigenvalue weighted by Gasteiger charge is -2.10. The highest BCUT2D eigenvalue weighted by atomic mass is 16.5. The van der Waals surface area contributed by atoms with Gasteiger partial charge in [-0.3, -0.25) is 5.10 Å². The summed E-state index contributed by atoms with van der Waals surface area (Å²) in [6, 6.07) is 0. The predicted octanol–water partition coefficient (Wildman–Crippen LogP) is 1.69. The monoisotopic (exact) mass is 223 g/mol. The molecule has 2 rings (SSSR count). The number of hydrogen-bond acceptors (Lipinski definition) is 3. The Kier molecular flexibility index (Phi) is 3.96. The number of nitrogens with one attached hydrogen (secondary N) is 2. The molecule has 1 aliphatic rings. The minimum absolute atomic E-state index is 0.485. The van der Waals surface area contributed by atoms with Crippen molar-refractivity contribution in [2.75, 3.05) is 13.2 Å². The van der Waals surface area contributed by atoms with Gasteiger partial charge in [-0.25, -0.2) is 0 Å². The summed E-state index contributed by atoms with van der Waals surface area (Å²) in [5.41, 5.74) is 3.57. The second kappa shape index (κ2) is 5.46. The van der Waals surface area contributed by atoms with Gasteiger partial charge in [0.05, 0.1) is 11.8 Å². The van der Waals surface area contributed by atoms with Crippen LogP contribution < -0.4 is 5.32 Å². The van der Waals surface area contributed by atoms with E-state index in [1.165, 1.54) is 24.1 Å². The summed E-state index contributed by atoms with van der Waals surface area (Å²) in [6.07, 6.45) is 4.06. The number of rotatable bonds is 5. The molecule has 0 aliphatic carbocycles. The average Bonchev–Trinajstić information content (AvgIpc) is 2.87. The number of ether oxygens (including phenoxy) is 1. The van der Waals surface area contributed by atoms with E-state index in [0.29, 0.717) is 6.10 Å². The minimum atomic E-state index is 0.485. The van der Waals surface area contributed by atoms with Crippen LogP contribution in [0.25, 0.3) is 0 Å². The second-order valence-electron chi connectivity index (χ2n) is 4.51. The fourth-order valence-electron chi connectivity index (χ4n) is 2.18. The van der Waals surface area contributed by atoms with E-state index in [-0.39, 0.29) is 0 Å². The van der Waals surface area contributed by atoms with Crippen LogP contribution in [0.5, 0.6) is 0 Å². The first-order valence-corrected chi connectivity index (χ1v) is 6.10. The molecular formula is C12H21N3O. The molecule has 1 aliphatic heterocycles. The van der Waals surface area contributed by atoms with Crippen LogP contribution in [0.4, 0.5) is 0 Å². The van der Waals surface area contributed by atoms with E-state index in [1.807, 2.05) is 6.92 Å². The van der Waals surface area contributed by atoms with Gasteiger partial charge in [0.25, 0.3) is 0 Å². The molecule has 2 N–H and O–H groups in total. The molecule has 4 heteroatoms. The van der Waals surface area contributed by atoms with Gasteiger partial charge in [0.2, 0.25) is 0 Å². The number of aryl methyl sites for hydroxylation is 2. The zero-order valence-corrected chi connectivity index (χ0v) is 10.2. The minimum Gasteiger partial charge on any atom is -0.378 e. The Morgan fingerprint density at radius 2 is 2.38 bits per heavy atom. The van der Waals surface area contributed by atoms with Crippen molar-refractivity contribution in [3.63, 3.8) is 0 Å². The van der Waals surface area contributed by atoms with Crippen LogP contribution in [0.3, 0.4) is 0 Å². The fraction of sp³-hybridized carbons (Fsp3) is 0.750. The molecule has 1 aromatic rings. The molecule has 1 atom stereocenters. The topological polar surface area (TPSA) is 49.9 Å². The zero-order chi connectivity index (χ0) is 11.4. The van der Waals surface area contributed by atoms with Crippen LogP contribution in [0, 0.1) is 13.8 Å². The van der Waals surface area contributed by atoms with Gasteiger partial charge in [-0.2, -0.15) is 5.10 Å². The van der Waals surface area contributed by atoms with E-state index in [1.54, 1.807) is 0 Å². The third-order valence-corrected chi connectivity index (χ3v) is 3.25. The van der Waals surface area contributed by atoms with Crippen LogP contribution in [0.1, 0.15) is 36.2 Å². The molecule has 0 bridgehead atoms. The molecule has 0 unspecified atom stereocenters. The Morgan fingerprint density at radius 3 is 3.00 bits per heavy atom. The first-order valence-electron chi connectivity index (χ1n) is 6.10. The van der Waals surface area contributed by atoms with Gasteiger partial charge in [-0.1, -0.05) is 0 Å². The quantitative estimate of drug-likeness (QED) is 0.747. The maximum atomic E-state index is 5.58. The van der Waals surface area contributed by atoms with Crippen LogP contribution >= 0.6 is 0 Å². The highest BCUT2D eigenvalue weighted by molar-refractivity contribution is 5.22. The summed E-state index contributed by atoms with van der Waals surface area (Å²) >= 11 is 0. The standard InChI is InChI=1S/C12H21N3O/c1-9-12(10(2)15-14-9)8-13-6-5-11-4-3-7-16-11/h11,13H,3-8H2,1-2H3,(H,14,15)/t11-/m1/s1. The fourth-order valence-corrected chi connectivity index (χ4v) is 2.18. The maximum Gasteiger partial charge on any atom is 0.0638 e. The molecule has 1 aromatic heterocycles. The molecular weight excluding hydrogens is 202 g/mol. The third kappa shape index (κ3) is 2.83. The number of hydrogen-bond donors (Lipinski definition) is 2. The van der Waals surface area contributed by atoms with E-state index < -0.39 is 0 Å². The number of nitrogens with zero attached hydrogens (tertiary/aromatic N) is 1. The van der Waals surface area contributed by atoms with E-state index in [9.17, 15) is 0 Å². The molecule has 0 saturated carbocycles. The number of aromatic nitrogens is 2. The predicted molar refractivity (Wildman–Crippen MR) is 63.4 cm³/mol. The van der Waals surface area contributed by atoms with E-state index in [0.717, 1.165) is 31.8 Å². The lowest BCUT2D eigenvalue weighted by atomic mass is 10.1. The van der Waals surface area contributed by atoms with Gasteiger partial charge < -0.3 is 10.1 Å². The van der Waals surface area contributed by atoms with E-state index in [4.69, 9.17) is 4.74 Å². The maximum absolute atomic E-state index is 5.58. The molecule has 0 amide bonds. The molecule has 0 spiro atoms. The van der Waals surface area contributed by atoms with Crippen molar-refractivity contribution in [2.24, 2.45) is 0 Å². The Bertz CT molecular complexity index is 310. The molecule has 0 aromatic carbocycles. The number of H-pyrrole nitrogens is 1. The van der Waals surface area contributed by atoms with Gasteiger partial charge in [-0.15, -0.1) is 0 Å². The molecule has 0 radical (unpaired) electrons.